The fourth-order valence-electron chi connectivity index (χ4n) is 4.99. The standard InChI is InChI=1S/C25H17Br/c1-25(2)20-13-17(26)9-11-18(20)24-19-10-8-15-5-3-4-14-6-7-16(12-21(24)25)23(19)22(14)15/h3-13H,1-2H3. The molecule has 0 atom stereocenters. The maximum atomic E-state index is 3.67. The first-order valence-corrected chi connectivity index (χ1v) is 9.86. The monoisotopic (exact) mass is 396 g/mol. The van der Waals surface area contributed by atoms with Gasteiger partial charge in [0.15, 0.2) is 0 Å². The van der Waals surface area contributed by atoms with E-state index in [2.05, 4.69) is 96.5 Å². The molecule has 1 aliphatic carbocycles. The zero-order valence-corrected chi connectivity index (χ0v) is 16.3. The second kappa shape index (κ2) is 4.66. The molecule has 0 aliphatic heterocycles. The highest BCUT2D eigenvalue weighted by molar-refractivity contribution is 9.10. The van der Waals surface area contributed by atoms with Crippen LogP contribution in [0.5, 0.6) is 0 Å². The van der Waals surface area contributed by atoms with Gasteiger partial charge in [0.05, 0.1) is 0 Å². The van der Waals surface area contributed by atoms with Crippen LogP contribution in [0.2, 0.25) is 0 Å². The van der Waals surface area contributed by atoms with E-state index in [1.807, 2.05) is 0 Å². The van der Waals surface area contributed by atoms with E-state index in [4.69, 9.17) is 0 Å². The fourth-order valence-corrected chi connectivity index (χ4v) is 5.35. The number of halogens is 1. The third kappa shape index (κ3) is 1.65. The minimum Gasteiger partial charge on any atom is -0.0610 e. The minimum atomic E-state index is 0.0128. The van der Waals surface area contributed by atoms with Crippen LogP contribution in [0.1, 0.15) is 25.0 Å². The molecule has 124 valence electrons. The first-order chi connectivity index (χ1) is 12.6. The average molecular weight is 397 g/mol. The zero-order valence-electron chi connectivity index (χ0n) is 14.7. The van der Waals surface area contributed by atoms with Crippen molar-refractivity contribution in [2.24, 2.45) is 0 Å². The van der Waals surface area contributed by atoms with Gasteiger partial charge in [0, 0.05) is 9.89 Å². The van der Waals surface area contributed by atoms with Crippen molar-refractivity contribution in [1.82, 2.24) is 0 Å². The van der Waals surface area contributed by atoms with Gasteiger partial charge in [-0.25, -0.2) is 0 Å². The summed E-state index contributed by atoms with van der Waals surface area (Å²) in [5.41, 5.74) is 5.67. The van der Waals surface area contributed by atoms with E-state index in [9.17, 15) is 0 Å². The molecule has 0 unspecified atom stereocenters. The maximum Gasteiger partial charge on any atom is 0.0178 e. The van der Waals surface area contributed by atoms with Crippen LogP contribution in [-0.2, 0) is 5.41 Å². The predicted molar refractivity (Wildman–Crippen MR) is 115 cm³/mol. The zero-order chi connectivity index (χ0) is 17.6. The molecule has 5 aromatic rings. The van der Waals surface area contributed by atoms with Gasteiger partial charge in [0.2, 0.25) is 0 Å². The van der Waals surface area contributed by atoms with Gasteiger partial charge in [0.1, 0.15) is 0 Å². The highest BCUT2D eigenvalue weighted by Gasteiger charge is 2.37. The Kier molecular flexibility index (Phi) is 2.65. The Morgan fingerprint density at radius 3 is 2.23 bits per heavy atom. The molecule has 0 aromatic heterocycles. The van der Waals surface area contributed by atoms with Crippen LogP contribution in [0.4, 0.5) is 0 Å². The molecule has 0 bridgehead atoms. The highest BCUT2D eigenvalue weighted by Crippen LogP contribution is 2.53. The molecule has 0 nitrogen and oxygen atoms in total. The molecule has 0 saturated carbocycles. The van der Waals surface area contributed by atoms with Crippen LogP contribution < -0.4 is 0 Å². The summed E-state index contributed by atoms with van der Waals surface area (Å²) in [7, 11) is 0. The van der Waals surface area contributed by atoms with Crippen molar-refractivity contribution in [3.8, 4) is 11.1 Å². The predicted octanol–water partition coefficient (Wildman–Crippen LogP) is 7.65. The Hall–Kier alpha value is -2.38. The van der Waals surface area contributed by atoms with E-state index in [1.54, 1.807) is 0 Å². The molecule has 1 aliphatic rings. The fraction of sp³-hybridized carbons (Fsp3) is 0.120. The van der Waals surface area contributed by atoms with Gasteiger partial charge < -0.3 is 0 Å². The van der Waals surface area contributed by atoms with Crippen molar-refractivity contribution in [2.45, 2.75) is 19.3 Å². The Balaban J connectivity index is 1.90. The van der Waals surface area contributed by atoms with E-state index < -0.39 is 0 Å². The number of rotatable bonds is 0. The second-order valence-electron chi connectivity index (χ2n) is 7.97. The van der Waals surface area contributed by atoms with E-state index in [0.717, 1.165) is 4.47 Å². The van der Waals surface area contributed by atoms with Crippen molar-refractivity contribution in [3.05, 3.63) is 82.3 Å². The molecule has 26 heavy (non-hydrogen) atoms. The molecule has 0 fully saturated rings. The third-order valence-electron chi connectivity index (χ3n) is 6.25. The lowest BCUT2D eigenvalue weighted by molar-refractivity contribution is 0.661. The van der Waals surface area contributed by atoms with Gasteiger partial charge in [-0.15, -0.1) is 0 Å². The Morgan fingerprint density at radius 2 is 1.42 bits per heavy atom. The molecule has 1 heteroatoms. The van der Waals surface area contributed by atoms with Crippen molar-refractivity contribution >= 4 is 48.2 Å². The summed E-state index contributed by atoms with van der Waals surface area (Å²) in [6.07, 6.45) is 0. The Morgan fingerprint density at radius 1 is 0.692 bits per heavy atom. The molecule has 0 spiro atoms. The summed E-state index contributed by atoms with van der Waals surface area (Å²) in [5, 5.41) is 8.20. The number of hydrogen-bond donors (Lipinski definition) is 0. The van der Waals surface area contributed by atoms with Gasteiger partial charge >= 0.3 is 0 Å². The lowest BCUT2D eigenvalue weighted by Crippen LogP contribution is -2.15. The molecule has 6 rings (SSSR count). The molecule has 0 radical (unpaired) electrons. The van der Waals surface area contributed by atoms with Crippen molar-refractivity contribution in [3.63, 3.8) is 0 Å². The Labute approximate surface area is 160 Å². The average Bonchev–Trinajstić information content (AvgIpc) is 2.87. The molecular weight excluding hydrogens is 380 g/mol. The summed E-state index contributed by atoms with van der Waals surface area (Å²) >= 11 is 3.67. The lowest BCUT2D eigenvalue weighted by Gasteiger charge is -2.22. The summed E-state index contributed by atoms with van der Waals surface area (Å²) < 4.78 is 1.15. The van der Waals surface area contributed by atoms with E-state index in [1.165, 1.54) is 54.6 Å². The highest BCUT2D eigenvalue weighted by atomic mass is 79.9. The van der Waals surface area contributed by atoms with Crippen LogP contribution in [0.3, 0.4) is 0 Å². The van der Waals surface area contributed by atoms with Crippen LogP contribution in [0, 0.1) is 0 Å². The number of benzene rings is 5. The maximum absolute atomic E-state index is 3.67. The van der Waals surface area contributed by atoms with Crippen LogP contribution in [0.15, 0.2) is 71.2 Å². The first-order valence-electron chi connectivity index (χ1n) is 9.07. The van der Waals surface area contributed by atoms with Gasteiger partial charge in [0.25, 0.3) is 0 Å². The molecule has 0 N–H and O–H groups in total. The van der Waals surface area contributed by atoms with E-state index >= 15 is 0 Å². The SMILES string of the molecule is CC1(C)c2cc(Br)ccc2-c2c1cc1ccc3cccc4ccc2c1c34. The summed E-state index contributed by atoms with van der Waals surface area (Å²) in [6, 6.07) is 25.0. The van der Waals surface area contributed by atoms with Crippen LogP contribution in [-0.4, -0.2) is 0 Å². The van der Waals surface area contributed by atoms with Crippen molar-refractivity contribution in [1.29, 1.82) is 0 Å². The largest absolute Gasteiger partial charge is 0.0610 e. The van der Waals surface area contributed by atoms with Gasteiger partial charge in [-0.1, -0.05) is 78.3 Å². The number of hydrogen-bond acceptors (Lipinski definition) is 0. The minimum absolute atomic E-state index is 0.0128. The van der Waals surface area contributed by atoms with Crippen molar-refractivity contribution in [2.75, 3.05) is 0 Å². The normalized spacial score (nSPS) is 15.0. The summed E-state index contributed by atoms with van der Waals surface area (Å²) in [5.74, 6) is 0. The van der Waals surface area contributed by atoms with E-state index in [0.29, 0.717) is 0 Å². The Bertz CT molecular complexity index is 1340. The molecule has 0 saturated heterocycles. The smallest absolute Gasteiger partial charge is 0.0178 e. The molecule has 0 heterocycles. The van der Waals surface area contributed by atoms with Crippen LogP contribution >= 0.6 is 15.9 Å². The molecule has 5 aromatic carbocycles. The summed E-state index contributed by atoms with van der Waals surface area (Å²) in [6.45, 7) is 4.70. The van der Waals surface area contributed by atoms with Gasteiger partial charge in [-0.3, -0.25) is 0 Å². The number of fused-ring (bicyclic) bond motifs is 4. The first kappa shape index (κ1) is 14.8. The molecule has 0 amide bonds. The topological polar surface area (TPSA) is 0 Å². The van der Waals surface area contributed by atoms with E-state index in [-0.39, 0.29) is 5.41 Å². The van der Waals surface area contributed by atoms with Crippen LogP contribution in [0.25, 0.3) is 43.4 Å². The molecular formula is C25H17Br. The lowest BCUT2D eigenvalue weighted by atomic mass is 9.81. The third-order valence-corrected chi connectivity index (χ3v) is 6.74. The van der Waals surface area contributed by atoms with Crippen molar-refractivity contribution < 1.29 is 0 Å². The van der Waals surface area contributed by atoms with Gasteiger partial charge in [-0.05, 0) is 72.8 Å². The summed E-state index contributed by atoms with van der Waals surface area (Å²) in [4.78, 5) is 0. The second-order valence-corrected chi connectivity index (χ2v) is 8.89. The van der Waals surface area contributed by atoms with Gasteiger partial charge in [-0.2, -0.15) is 0 Å². The quantitative estimate of drug-likeness (QED) is 0.235.